The lowest BCUT2D eigenvalue weighted by atomic mass is 9.84. The fourth-order valence-electron chi connectivity index (χ4n) is 1.58. The summed E-state index contributed by atoms with van der Waals surface area (Å²) in [5.74, 6) is -0.0710. The second kappa shape index (κ2) is 3.56. The summed E-state index contributed by atoms with van der Waals surface area (Å²) < 4.78 is 0. The van der Waals surface area contributed by atoms with Crippen LogP contribution in [0.5, 0.6) is 0 Å². The first-order valence-electron chi connectivity index (χ1n) is 4.32. The summed E-state index contributed by atoms with van der Waals surface area (Å²) in [4.78, 5) is 0. The Morgan fingerprint density at radius 1 is 1.25 bits per heavy atom. The van der Waals surface area contributed by atoms with E-state index in [1.54, 1.807) is 0 Å². The van der Waals surface area contributed by atoms with E-state index in [-0.39, 0.29) is 5.92 Å². The van der Waals surface area contributed by atoms with Crippen molar-refractivity contribution in [1.29, 1.82) is 0 Å². The fraction of sp³-hybridized carbons (Fsp3) is 0.778. The van der Waals surface area contributed by atoms with E-state index in [0.29, 0.717) is 0 Å². The molecule has 0 bridgehead atoms. The van der Waals surface area contributed by atoms with E-state index in [1.165, 1.54) is 0 Å². The van der Waals surface area contributed by atoms with E-state index < -0.39 is 18.3 Å². The van der Waals surface area contributed by atoms with Crippen LogP contribution in [-0.4, -0.2) is 33.6 Å². The first-order chi connectivity index (χ1) is 5.57. The summed E-state index contributed by atoms with van der Waals surface area (Å²) in [6, 6.07) is 0. The Morgan fingerprint density at radius 3 is 2.33 bits per heavy atom. The summed E-state index contributed by atoms with van der Waals surface area (Å²) in [5, 5.41) is 28.2. The molecule has 0 saturated carbocycles. The van der Waals surface area contributed by atoms with Gasteiger partial charge in [-0.05, 0) is 12.0 Å². The molecular formula is C9H16O3. The third-order valence-electron chi connectivity index (χ3n) is 2.48. The number of aliphatic hydroxyl groups is 3. The van der Waals surface area contributed by atoms with Crippen molar-refractivity contribution >= 4 is 0 Å². The Morgan fingerprint density at radius 2 is 1.83 bits per heavy atom. The lowest BCUT2D eigenvalue weighted by molar-refractivity contribution is -0.0679. The number of hydrogen-bond acceptors (Lipinski definition) is 3. The molecule has 12 heavy (non-hydrogen) atoms. The molecule has 3 nitrogen and oxygen atoms in total. The monoisotopic (exact) mass is 172 g/mol. The van der Waals surface area contributed by atoms with Crippen molar-refractivity contribution in [2.45, 2.75) is 38.6 Å². The van der Waals surface area contributed by atoms with Gasteiger partial charge in [0.2, 0.25) is 0 Å². The molecule has 0 saturated heterocycles. The van der Waals surface area contributed by atoms with Crippen LogP contribution in [0.4, 0.5) is 0 Å². The van der Waals surface area contributed by atoms with Gasteiger partial charge in [-0.15, -0.1) is 0 Å². The molecule has 1 aliphatic rings. The topological polar surface area (TPSA) is 60.7 Å². The summed E-state index contributed by atoms with van der Waals surface area (Å²) in [6.07, 6.45) is -0.200. The van der Waals surface area contributed by atoms with E-state index in [1.807, 2.05) is 19.9 Å². The predicted molar refractivity (Wildman–Crippen MR) is 45.6 cm³/mol. The Balaban J connectivity index is 2.84. The molecule has 0 fully saturated rings. The molecule has 0 aromatic heterocycles. The van der Waals surface area contributed by atoms with Crippen LogP contribution in [0.3, 0.4) is 0 Å². The summed E-state index contributed by atoms with van der Waals surface area (Å²) >= 11 is 0. The molecule has 1 rings (SSSR count). The molecule has 0 spiro atoms. The van der Waals surface area contributed by atoms with Crippen LogP contribution in [-0.2, 0) is 0 Å². The Labute approximate surface area is 72.3 Å². The third-order valence-corrected chi connectivity index (χ3v) is 2.48. The first kappa shape index (κ1) is 9.71. The molecule has 4 unspecified atom stereocenters. The first-order valence-corrected chi connectivity index (χ1v) is 4.32. The Hall–Kier alpha value is -0.380. The van der Waals surface area contributed by atoms with Gasteiger partial charge < -0.3 is 15.3 Å². The molecule has 0 aromatic carbocycles. The van der Waals surface area contributed by atoms with Crippen molar-refractivity contribution in [3.8, 4) is 0 Å². The maximum atomic E-state index is 9.45. The molecule has 0 aliphatic heterocycles. The highest BCUT2D eigenvalue weighted by Gasteiger charge is 2.34. The normalized spacial score (nSPS) is 42.6. The highest BCUT2D eigenvalue weighted by atomic mass is 16.4. The average molecular weight is 172 g/mol. The lowest BCUT2D eigenvalue weighted by Gasteiger charge is -2.32. The van der Waals surface area contributed by atoms with Crippen molar-refractivity contribution in [1.82, 2.24) is 0 Å². The summed E-state index contributed by atoms with van der Waals surface area (Å²) in [6.45, 7) is 3.75. The van der Waals surface area contributed by atoms with Gasteiger partial charge in [0.15, 0.2) is 0 Å². The number of rotatable bonds is 1. The smallest absolute Gasteiger partial charge is 0.110 e. The predicted octanol–water partition coefficient (Wildman–Crippen LogP) is 0.0552. The van der Waals surface area contributed by atoms with Gasteiger partial charge in [-0.2, -0.15) is 0 Å². The summed E-state index contributed by atoms with van der Waals surface area (Å²) in [5.41, 5.74) is 0.820. The summed E-state index contributed by atoms with van der Waals surface area (Å²) in [7, 11) is 0. The average Bonchev–Trinajstić information content (AvgIpc) is 2.08. The molecule has 1 aliphatic carbocycles. The van der Waals surface area contributed by atoms with E-state index in [0.717, 1.165) is 12.0 Å². The SMILES string of the molecule is CCC1=CC(C)C(O)C(O)C1O. The maximum absolute atomic E-state index is 9.45. The standard InChI is InChI=1S/C9H16O3/c1-3-6-4-5(2)7(10)9(12)8(6)11/h4-5,7-12H,3H2,1-2H3. The van der Waals surface area contributed by atoms with Crippen molar-refractivity contribution < 1.29 is 15.3 Å². The lowest BCUT2D eigenvalue weighted by Crippen LogP contribution is -2.45. The van der Waals surface area contributed by atoms with Crippen LogP contribution in [0, 0.1) is 5.92 Å². The van der Waals surface area contributed by atoms with Gasteiger partial charge in [0.1, 0.15) is 12.2 Å². The number of hydrogen-bond donors (Lipinski definition) is 3. The minimum absolute atomic E-state index is 0.0710. The number of aliphatic hydroxyl groups excluding tert-OH is 3. The maximum Gasteiger partial charge on any atom is 0.110 e. The molecule has 4 atom stereocenters. The second-order valence-electron chi connectivity index (χ2n) is 3.38. The molecule has 3 N–H and O–H groups in total. The van der Waals surface area contributed by atoms with Gasteiger partial charge in [-0.3, -0.25) is 0 Å². The van der Waals surface area contributed by atoms with Gasteiger partial charge in [0.25, 0.3) is 0 Å². The molecule has 0 amide bonds. The second-order valence-corrected chi connectivity index (χ2v) is 3.38. The third kappa shape index (κ3) is 1.53. The van der Waals surface area contributed by atoms with Gasteiger partial charge in [-0.1, -0.05) is 19.9 Å². The van der Waals surface area contributed by atoms with Gasteiger partial charge in [0, 0.05) is 5.92 Å². The zero-order valence-corrected chi connectivity index (χ0v) is 7.44. The van der Waals surface area contributed by atoms with Crippen LogP contribution < -0.4 is 0 Å². The van der Waals surface area contributed by atoms with Crippen molar-refractivity contribution in [3.05, 3.63) is 11.6 Å². The van der Waals surface area contributed by atoms with Crippen LogP contribution in [0.1, 0.15) is 20.3 Å². The quantitative estimate of drug-likeness (QED) is 0.490. The van der Waals surface area contributed by atoms with E-state index in [9.17, 15) is 15.3 Å². The minimum atomic E-state index is -1.03. The Kier molecular flexibility index (Phi) is 2.88. The van der Waals surface area contributed by atoms with Crippen LogP contribution in [0.15, 0.2) is 11.6 Å². The molecule has 0 radical (unpaired) electrons. The van der Waals surface area contributed by atoms with Gasteiger partial charge >= 0.3 is 0 Å². The van der Waals surface area contributed by atoms with Crippen LogP contribution in [0.2, 0.25) is 0 Å². The minimum Gasteiger partial charge on any atom is -0.390 e. The molecule has 70 valence electrons. The molecule has 0 aromatic rings. The van der Waals surface area contributed by atoms with Crippen molar-refractivity contribution in [2.75, 3.05) is 0 Å². The van der Waals surface area contributed by atoms with E-state index in [4.69, 9.17) is 0 Å². The van der Waals surface area contributed by atoms with Gasteiger partial charge in [-0.25, -0.2) is 0 Å². The highest BCUT2D eigenvalue weighted by Crippen LogP contribution is 2.25. The Bertz CT molecular complexity index is 188. The zero-order chi connectivity index (χ0) is 9.30. The fourth-order valence-corrected chi connectivity index (χ4v) is 1.58. The van der Waals surface area contributed by atoms with Crippen molar-refractivity contribution in [2.24, 2.45) is 5.92 Å². The van der Waals surface area contributed by atoms with Crippen LogP contribution >= 0.6 is 0 Å². The highest BCUT2D eigenvalue weighted by molar-refractivity contribution is 5.17. The van der Waals surface area contributed by atoms with Crippen LogP contribution in [0.25, 0.3) is 0 Å². The zero-order valence-electron chi connectivity index (χ0n) is 7.44. The molecular weight excluding hydrogens is 156 g/mol. The molecule has 3 heteroatoms. The largest absolute Gasteiger partial charge is 0.390 e. The molecule has 0 heterocycles. The van der Waals surface area contributed by atoms with Gasteiger partial charge in [0.05, 0.1) is 6.10 Å². The van der Waals surface area contributed by atoms with E-state index in [2.05, 4.69) is 0 Å². The van der Waals surface area contributed by atoms with E-state index >= 15 is 0 Å². The van der Waals surface area contributed by atoms with Crippen molar-refractivity contribution in [3.63, 3.8) is 0 Å².